The molecule has 2 aromatic carbocycles. The maximum Gasteiger partial charge on any atom is 0.250 e. The van der Waals surface area contributed by atoms with Crippen molar-refractivity contribution in [2.45, 2.75) is 44.0 Å². The maximum atomic E-state index is 12.3. The number of fused-ring (bicyclic) bond motifs is 2. The molecule has 0 spiro atoms. The van der Waals surface area contributed by atoms with E-state index in [1.54, 1.807) is 17.6 Å². The lowest BCUT2D eigenvalue weighted by atomic mass is 9.88. The molecule has 0 aliphatic carbocycles. The third-order valence-corrected chi connectivity index (χ3v) is 8.04. The average Bonchev–Trinajstić information content (AvgIpc) is 3.19. The Balaban J connectivity index is 1.43. The van der Waals surface area contributed by atoms with Gasteiger partial charge in [0, 0.05) is 23.4 Å². The normalized spacial score (nSPS) is 15.1. The van der Waals surface area contributed by atoms with Crippen LogP contribution in [0.4, 0.5) is 5.69 Å². The SMILES string of the molecule is CCCN1c2cc(Cl)c(/C=N/NC(=O)CSc3nc4ccccc4s3)cc2C(C)=CC1(C)C. The number of hydrazone groups is 1. The van der Waals surface area contributed by atoms with Crippen LogP contribution >= 0.6 is 34.7 Å². The zero-order valence-electron chi connectivity index (χ0n) is 19.2. The minimum absolute atomic E-state index is 0.0685. The zero-order valence-corrected chi connectivity index (χ0v) is 21.6. The number of nitrogens with zero attached hydrogens (tertiary/aromatic N) is 3. The van der Waals surface area contributed by atoms with Gasteiger partial charge in [0.1, 0.15) is 0 Å². The summed E-state index contributed by atoms with van der Waals surface area (Å²) in [6.45, 7) is 9.71. The molecular weight excluding hydrogens is 472 g/mol. The molecule has 1 aromatic heterocycles. The summed E-state index contributed by atoms with van der Waals surface area (Å²) in [7, 11) is 0. The monoisotopic (exact) mass is 498 g/mol. The van der Waals surface area contributed by atoms with Gasteiger partial charge in [0.15, 0.2) is 4.34 Å². The van der Waals surface area contributed by atoms with Gasteiger partial charge in [0.2, 0.25) is 0 Å². The van der Waals surface area contributed by atoms with E-state index >= 15 is 0 Å². The number of benzene rings is 2. The molecule has 0 unspecified atom stereocenters. The summed E-state index contributed by atoms with van der Waals surface area (Å²) in [6, 6.07) is 12.0. The second-order valence-corrected chi connectivity index (χ2v) is 11.2. The number of hydrogen-bond donors (Lipinski definition) is 1. The van der Waals surface area contributed by atoms with Crippen LogP contribution in [0.1, 0.15) is 45.2 Å². The molecule has 1 aliphatic rings. The van der Waals surface area contributed by atoms with E-state index in [2.05, 4.69) is 54.2 Å². The molecule has 0 saturated carbocycles. The van der Waals surface area contributed by atoms with Crippen molar-refractivity contribution in [1.82, 2.24) is 10.4 Å². The Bertz CT molecular complexity index is 1220. The Hall–Kier alpha value is -2.35. The fourth-order valence-corrected chi connectivity index (χ4v) is 6.16. The summed E-state index contributed by atoms with van der Waals surface area (Å²) < 4.78 is 1.99. The lowest BCUT2D eigenvalue weighted by Crippen LogP contribution is -2.45. The summed E-state index contributed by atoms with van der Waals surface area (Å²) in [5.74, 6) is 0.0642. The molecule has 2 heterocycles. The molecule has 33 heavy (non-hydrogen) atoms. The van der Waals surface area contributed by atoms with E-state index in [4.69, 9.17) is 11.6 Å². The molecule has 3 aromatic rings. The standard InChI is InChI=1S/C25H27ClN4OS2/c1-5-10-30-21-12-19(26)17(11-18(21)16(2)13-25(30,3)4)14-27-29-23(31)15-32-24-28-20-8-6-7-9-22(20)33-24/h6-9,11-14H,5,10,15H2,1-4H3,(H,29,31)/b27-14+. The van der Waals surface area contributed by atoms with Crippen molar-refractivity contribution in [3.8, 4) is 0 Å². The predicted molar refractivity (Wildman–Crippen MR) is 143 cm³/mol. The number of thioether (sulfide) groups is 1. The lowest BCUT2D eigenvalue weighted by molar-refractivity contribution is -0.118. The van der Waals surface area contributed by atoms with Gasteiger partial charge in [-0.3, -0.25) is 4.79 Å². The van der Waals surface area contributed by atoms with Gasteiger partial charge >= 0.3 is 0 Å². The summed E-state index contributed by atoms with van der Waals surface area (Å²) in [5, 5.41) is 4.76. The number of para-hydroxylation sites is 1. The number of carbonyl (C=O) groups excluding carboxylic acids is 1. The summed E-state index contributed by atoms with van der Waals surface area (Å²) >= 11 is 9.60. The van der Waals surface area contributed by atoms with Crippen molar-refractivity contribution in [1.29, 1.82) is 0 Å². The van der Waals surface area contributed by atoms with Crippen LogP contribution < -0.4 is 10.3 Å². The van der Waals surface area contributed by atoms with E-state index < -0.39 is 0 Å². The first-order valence-electron chi connectivity index (χ1n) is 10.9. The van der Waals surface area contributed by atoms with Crippen LogP contribution in [0.3, 0.4) is 0 Å². The van der Waals surface area contributed by atoms with Gasteiger partial charge in [-0.1, -0.05) is 48.5 Å². The average molecular weight is 499 g/mol. The molecule has 172 valence electrons. The van der Waals surface area contributed by atoms with Crippen LogP contribution in [0.2, 0.25) is 5.02 Å². The third-order valence-electron chi connectivity index (χ3n) is 5.54. The summed E-state index contributed by atoms with van der Waals surface area (Å²) in [6.07, 6.45) is 4.96. The van der Waals surface area contributed by atoms with E-state index in [-0.39, 0.29) is 17.2 Å². The smallest absolute Gasteiger partial charge is 0.250 e. The van der Waals surface area contributed by atoms with Crippen LogP contribution in [-0.4, -0.2) is 34.9 Å². The number of hydrogen-bond acceptors (Lipinski definition) is 6. The van der Waals surface area contributed by atoms with E-state index in [9.17, 15) is 4.79 Å². The fraction of sp³-hybridized carbons (Fsp3) is 0.320. The van der Waals surface area contributed by atoms with Crippen LogP contribution in [0.5, 0.6) is 0 Å². The summed E-state index contributed by atoms with van der Waals surface area (Å²) in [4.78, 5) is 19.2. The molecule has 5 nitrogen and oxygen atoms in total. The number of aromatic nitrogens is 1. The van der Waals surface area contributed by atoms with E-state index in [0.717, 1.165) is 44.3 Å². The van der Waals surface area contributed by atoms with Gasteiger partial charge in [-0.15, -0.1) is 11.3 Å². The Labute approximate surface area is 207 Å². The van der Waals surface area contributed by atoms with Crippen LogP contribution in [0, 0.1) is 0 Å². The Morgan fingerprint density at radius 1 is 1.33 bits per heavy atom. The first-order valence-corrected chi connectivity index (χ1v) is 13.1. The van der Waals surface area contributed by atoms with Gasteiger partial charge < -0.3 is 4.90 Å². The van der Waals surface area contributed by atoms with Gasteiger partial charge in [-0.05, 0) is 57.0 Å². The van der Waals surface area contributed by atoms with Crippen LogP contribution in [0.15, 0.2) is 51.9 Å². The first kappa shape index (κ1) is 23.8. The molecule has 1 amide bonds. The van der Waals surface area contributed by atoms with Crippen molar-refractivity contribution in [3.05, 3.63) is 58.6 Å². The van der Waals surface area contributed by atoms with Crippen molar-refractivity contribution in [3.63, 3.8) is 0 Å². The molecule has 0 atom stereocenters. The highest BCUT2D eigenvalue weighted by Crippen LogP contribution is 2.41. The Morgan fingerprint density at radius 3 is 2.88 bits per heavy atom. The Morgan fingerprint density at radius 2 is 2.12 bits per heavy atom. The number of carbonyl (C=O) groups is 1. The van der Waals surface area contributed by atoms with E-state index in [1.165, 1.54) is 17.3 Å². The number of thiazole rings is 1. The number of nitrogens with one attached hydrogen (secondary N) is 1. The summed E-state index contributed by atoms with van der Waals surface area (Å²) in [5.41, 5.74) is 7.76. The van der Waals surface area contributed by atoms with Gasteiger partial charge in [-0.25, -0.2) is 10.4 Å². The van der Waals surface area contributed by atoms with Crippen molar-refractivity contribution >= 4 is 68.3 Å². The van der Waals surface area contributed by atoms with Crippen molar-refractivity contribution < 1.29 is 4.79 Å². The quantitative estimate of drug-likeness (QED) is 0.226. The topological polar surface area (TPSA) is 57.6 Å². The number of allylic oxidation sites excluding steroid dienone is 1. The molecule has 1 N–H and O–H groups in total. The number of rotatable bonds is 7. The van der Waals surface area contributed by atoms with Gasteiger partial charge in [0.25, 0.3) is 5.91 Å². The molecule has 8 heteroatoms. The van der Waals surface area contributed by atoms with Crippen LogP contribution in [-0.2, 0) is 4.79 Å². The number of halogens is 1. The Kier molecular flexibility index (Phi) is 7.12. The van der Waals surface area contributed by atoms with Crippen molar-refractivity contribution in [2.24, 2.45) is 5.10 Å². The van der Waals surface area contributed by atoms with E-state index in [0.29, 0.717) is 5.02 Å². The minimum atomic E-state index is -0.184. The number of amides is 1. The maximum absolute atomic E-state index is 12.3. The van der Waals surface area contributed by atoms with Gasteiger partial charge in [0.05, 0.1) is 32.7 Å². The fourth-order valence-electron chi connectivity index (χ4n) is 4.09. The highest BCUT2D eigenvalue weighted by atomic mass is 35.5. The molecule has 0 bridgehead atoms. The highest BCUT2D eigenvalue weighted by molar-refractivity contribution is 8.01. The molecule has 4 rings (SSSR count). The molecule has 1 aliphatic heterocycles. The highest BCUT2D eigenvalue weighted by Gasteiger charge is 2.31. The molecule has 0 radical (unpaired) electrons. The second kappa shape index (κ2) is 9.87. The molecular formula is C25H27ClN4OS2. The zero-order chi connectivity index (χ0) is 23.6. The number of anilines is 1. The lowest BCUT2D eigenvalue weighted by Gasteiger charge is -2.43. The van der Waals surface area contributed by atoms with E-state index in [1.807, 2.05) is 36.4 Å². The predicted octanol–water partition coefficient (Wildman–Crippen LogP) is 6.60. The van der Waals surface area contributed by atoms with Crippen molar-refractivity contribution in [2.75, 3.05) is 17.2 Å². The largest absolute Gasteiger partial charge is 0.362 e. The molecule has 0 saturated heterocycles. The minimum Gasteiger partial charge on any atom is -0.362 e. The molecule has 0 fully saturated rings. The third kappa shape index (κ3) is 5.26. The van der Waals surface area contributed by atoms with Crippen LogP contribution in [0.25, 0.3) is 15.8 Å². The second-order valence-electron chi connectivity index (χ2n) is 8.55. The van der Waals surface area contributed by atoms with Gasteiger partial charge in [-0.2, -0.15) is 5.10 Å². The first-order chi connectivity index (χ1) is 15.8.